The summed E-state index contributed by atoms with van der Waals surface area (Å²) in [6.45, 7) is 9.27. The Balaban J connectivity index is 0.00000280. The van der Waals surface area contributed by atoms with E-state index in [4.69, 9.17) is 21.1 Å². The number of fused-ring (bicyclic) bond motifs is 1. The summed E-state index contributed by atoms with van der Waals surface area (Å²) in [5, 5.41) is 3.79. The van der Waals surface area contributed by atoms with Crippen molar-refractivity contribution in [3.8, 4) is 5.88 Å². The van der Waals surface area contributed by atoms with Crippen LogP contribution in [-0.4, -0.2) is 77.8 Å². The molecular weight excluding hydrogens is 497 g/mol. The van der Waals surface area contributed by atoms with Gasteiger partial charge in [0.05, 0.1) is 19.1 Å². The fourth-order valence-corrected chi connectivity index (χ4v) is 3.19. The number of hydrogen-bond acceptors (Lipinski definition) is 7. The molecule has 2 aliphatic rings. The molecule has 0 aliphatic carbocycles. The zero-order chi connectivity index (χ0) is 19.4. The molecular formula is C18H27ClIN5O3. The normalized spacial score (nSPS) is 18.7. The van der Waals surface area contributed by atoms with E-state index in [9.17, 15) is 4.79 Å². The molecule has 0 bridgehead atoms. The van der Waals surface area contributed by atoms with E-state index in [-0.39, 0.29) is 36.1 Å². The average molecular weight is 524 g/mol. The number of piperazine rings is 1. The highest BCUT2D eigenvalue weighted by atomic mass is 127. The smallest absolute Gasteiger partial charge is 0.410 e. The summed E-state index contributed by atoms with van der Waals surface area (Å²) >= 11 is 6.02. The van der Waals surface area contributed by atoms with Crippen LogP contribution in [0.5, 0.6) is 5.88 Å². The van der Waals surface area contributed by atoms with Crippen molar-refractivity contribution < 1.29 is 14.3 Å². The molecule has 1 aromatic rings. The second kappa shape index (κ2) is 9.82. The van der Waals surface area contributed by atoms with Crippen molar-refractivity contribution in [3.63, 3.8) is 0 Å². The van der Waals surface area contributed by atoms with Crippen molar-refractivity contribution in [2.45, 2.75) is 32.4 Å². The quantitative estimate of drug-likeness (QED) is 0.483. The number of hydrogen-bond donors (Lipinski definition) is 1. The number of ether oxygens (including phenoxy) is 2. The third kappa shape index (κ3) is 6.00. The first-order valence-corrected chi connectivity index (χ1v) is 9.47. The molecule has 1 fully saturated rings. The molecule has 2 aliphatic heterocycles. The Morgan fingerprint density at radius 3 is 2.89 bits per heavy atom. The highest BCUT2D eigenvalue weighted by molar-refractivity contribution is 14.0. The SMILES string of the molecule is CC(C)(C)OC(=O)N1CCN2C(NCCOc3ncccc3Cl)=NCC2C1.I. The molecule has 3 heterocycles. The predicted octanol–water partition coefficient (Wildman–Crippen LogP) is 2.61. The third-order valence-corrected chi connectivity index (χ3v) is 4.49. The second-order valence-electron chi connectivity index (χ2n) is 7.50. The number of aromatic nitrogens is 1. The first-order valence-electron chi connectivity index (χ1n) is 9.10. The van der Waals surface area contributed by atoms with Gasteiger partial charge < -0.3 is 24.6 Å². The van der Waals surface area contributed by atoms with Gasteiger partial charge >= 0.3 is 6.09 Å². The standard InChI is InChI=1S/C18H26ClN5O3.HI/c1-18(2,3)27-17(25)23-8-9-24-13(12-23)11-22-16(24)21-7-10-26-15-14(19)5-4-6-20-15;/h4-6,13H,7-12H2,1-3H3,(H,21,22);1H. The molecule has 10 heteroatoms. The zero-order valence-electron chi connectivity index (χ0n) is 16.4. The maximum atomic E-state index is 12.3. The maximum absolute atomic E-state index is 12.3. The molecule has 1 unspecified atom stereocenters. The van der Waals surface area contributed by atoms with Crippen molar-refractivity contribution >= 4 is 47.6 Å². The summed E-state index contributed by atoms with van der Waals surface area (Å²) in [6, 6.07) is 3.69. The van der Waals surface area contributed by atoms with Crippen LogP contribution < -0.4 is 10.1 Å². The topological polar surface area (TPSA) is 79.3 Å². The van der Waals surface area contributed by atoms with Gasteiger partial charge in [0.2, 0.25) is 5.88 Å². The minimum absolute atomic E-state index is 0. The van der Waals surface area contributed by atoms with Crippen LogP contribution in [0.4, 0.5) is 4.79 Å². The molecule has 1 saturated heterocycles. The molecule has 1 atom stereocenters. The Hall–Kier alpha value is -1.49. The number of nitrogens with one attached hydrogen (secondary N) is 1. The van der Waals surface area contributed by atoms with Gasteiger partial charge in [-0.15, -0.1) is 24.0 Å². The van der Waals surface area contributed by atoms with Crippen molar-refractivity contribution in [1.29, 1.82) is 0 Å². The highest BCUT2D eigenvalue weighted by Crippen LogP contribution is 2.20. The molecule has 1 aromatic heterocycles. The van der Waals surface area contributed by atoms with E-state index in [0.29, 0.717) is 43.7 Å². The number of amides is 1. The first-order chi connectivity index (χ1) is 12.8. The number of guanidine groups is 1. The van der Waals surface area contributed by atoms with Crippen molar-refractivity contribution in [2.75, 3.05) is 39.3 Å². The zero-order valence-corrected chi connectivity index (χ0v) is 19.4. The van der Waals surface area contributed by atoms with Crippen LogP contribution in [-0.2, 0) is 4.74 Å². The number of rotatable bonds is 4. The lowest BCUT2D eigenvalue weighted by molar-refractivity contribution is 0.0137. The minimum Gasteiger partial charge on any atom is -0.475 e. The van der Waals surface area contributed by atoms with E-state index >= 15 is 0 Å². The Bertz CT molecular complexity index is 713. The molecule has 8 nitrogen and oxygen atoms in total. The van der Waals surface area contributed by atoms with Crippen molar-refractivity contribution in [1.82, 2.24) is 20.1 Å². The largest absolute Gasteiger partial charge is 0.475 e. The molecule has 156 valence electrons. The number of aliphatic imine (C=N–C) groups is 1. The molecule has 3 rings (SSSR count). The molecule has 0 spiro atoms. The molecule has 0 saturated carbocycles. The molecule has 0 aromatic carbocycles. The monoisotopic (exact) mass is 523 g/mol. The van der Waals surface area contributed by atoms with Gasteiger partial charge in [0.25, 0.3) is 0 Å². The Kier molecular flexibility index (Phi) is 7.99. The van der Waals surface area contributed by atoms with Gasteiger partial charge in [-0.1, -0.05) is 11.6 Å². The van der Waals surface area contributed by atoms with Gasteiger partial charge in [0.15, 0.2) is 5.96 Å². The number of halogens is 2. The van der Waals surface area contributed by atoms with E-state index in [1.165, 1.54) is 0 Å². The molecule has 1 amide bonds. The van der Waals surface area contributed by atoms with Crippen molar-refractivity contribution in [3.05, 3.63) is 23.4 Å². The summed E-state index contributed by atoms with van der Waals surface area (Å²) in [5.41, 5.74) is -0.483. The lowest BCUT2D eigenvalue weighted by Gasteiger charge is -2.39. The summed E-state index contributed by atoms with van der Waals surface area (Å²) in [5.74, 6) is 1.28. The maximum Gasteiger partial charge on any atom is 0.410 e. The average Bonchev–Trinajstić information content (AvgIpc) is 3.01. The van der Waals surface area contributed by atoms with Crippen LogP contribution >= 0.6 is 35.6 Å². The van der Waals surface area contributed by atoms with Crippen LogP contribution in [0.2, 0.25) is 5.02 Å². The van der Waals surface area contributed by atoms with Gasteiger partial charge in [-0.05, 0) is 32.9 Å². The van der Waals surface area contributed by atoms with Crippen molar-refractivity contribution in [2.24, 2.45) is 4.99 Å². The lowest BCUT2D eigenvalue weighted by Crippen LogP contribution is -2.57. The predicted molar refractivity (Wildman–Crippen MR) is 119 cm³/mol. The number of nitrogens with zero attached hydrogens (tertiary/aromatic N) is 4. The van der Waals surface area contributed by atoms with E-state index in [0.717, 1.165) is 12.5 Å². The van der Waals surface area contributed by atoms with Gasteiger partial charge in [-0.3, -0.25) is 4.99 Å². The van der Waals surface area contributed by atoms with Gasteiger partial charge in [-0.25, -0.2) is 9.78 Å². The molecule has 28 heavy (non-hydrogen) atoms. The highest BCUT2D eigenvalue weighted by Gasteiger charge is 2.36. The van der Waals surface area contributed by atoms with Gasteiger partial charge in [0.1, 0.15) is 17.2 Å². The van der Waals surface area contributed by atoms with Gasteiger partial charge in [0, 0.05) is 25.8 Å². The van der Waals surface area contributed by atoms with E-state index in [2.05, 4.69) is 20.2 Å². The molecule has 1 N–H and O–H groups in total. The number of pyridine rings is 1. The lowest BCUT2D eigenvalue weighted by atomic mass is 10.2. The summed E-state index contributed by atoms with van der Waals surface area (Å²) in [6.07, 6.45) is 1.38. The van der Waals surface area contributed by atoms with E-state index < -0.39 is 5.60 Å². The fourth-order valence-electron chi connectivity index (χ4n) is 3.01. The summed E-state index contributed by atoms with van der Waals surface area (Å²) in [4.78, 5) is 24.9. The number of carbonyl (C=O) groups is 1. The van der Waals surface area contributed by atoms with Crippen LogP contribution in [0.3, 0.4) is 0 Å². The number of carbonyl (C=O) groups excluding carboxylic acids is 1. The molecule has 0 radical (unpaired) electrons. The van der Waals surface area contributed by atoms with Crippen LogP contribution in [0.1, 0.15) is 20.8 Å². The van der Waals surface area contributed by atoms with Gasteiger partial charge in [-0.2, -0.15) is 0 Å². The second-order valence-corrected chi connectivity index (χ2v) is 7.91. The van der Waals surface area contributed by atoms with Crippen LogP contribution in [0, 0.1) is 0 Å². The van der Waals surface area contributed by atoms with E-state index in [1.807, 2.05) is 20.8 Å². The third-order valence-electron chi connectivity index (χ3n) is 4.21. The Morgan fingerprint density at radius 1 is 1.39 bits per heavy atom. The Labute approximate surface area is 187 Å². The minimum atomic E-state index is -0.483. The Morgan fingerprint density at radius 2 is 2.18 bits per heavy atom. The van der Waals surface area contributed by atoms with Crippen LogP contribution in [0.15, 0.2) is 23.3 Å². The fraction of sp³-hybridized carbons (Fsp3) is 0.611. The summed E-state index contributed by atoms with van der Waals surface area (Å²) in [7, 11) is 0. The van der Waals surface area contributed by atoms with E-state index in [1.54, 1.807) is 23.2 Å². The first kappa shape index (κ1) is 22.8. The summed E-state index contributed by atoms with van der Waals surface area (Å²) < 4.78 is 11.0. The van der Waals surface area contributed by atoms with Crippen LogP contribution in [0.25, 0.3) is 0 Å².